The summed E-state index contributed by atoms with van der Waals surface area (Å²) < 4.78 is 0.963. The maximum absolute atomic E-state index is 12.1. The van der Waals surface area contributed by atoms with Gasteiger partial charge in [0.25, 0.3) is 0 Å². The van der Waals surface area contributed by atoms with Crippen molar-refractivity contribution in [3.8, 4) is 0 Å². The highest BCUT2D eigenvalue weighted by Crippen LogP contribution is 2.31. The van der Waals surface area contributed by atoms with E-state index in [0.29, 0.717) is 18.1 Å². The summed E-state index contributed by atoms with van der Waals surface area (Å²) in [6.45, 7) is 2.87. The Morgan fingerprint density at radius 3 is 2.63 bits per heavy atom. The molecule has 7 heteroatoms. The first-order valence-electron chi connectivity index (χ1n) is 8.77. The van der Waals surface area contributed by atoms with E-state index in [-0.39, 0.29) is 0 Å². The number of anilines is 1. The summed E-state index contributed by atoms with van der Waals surface area (Å²) >= 11 is 9.55. The molecule has 0 amide bonds. The Morgan fingerprint density at radius 1 is 1.15 bits per heavy atom. The molecule has 2 N–H and O–H groups in total. The molecule has 3 aromatic rings. The summed E-state index contributed by atoms with van der Waals surface area (Å²) in [6, 6.07) is 13.0. The number of H-pyrrole nitrogens is 1. The Morgan fingerprint density at radius 2 is 1.93 bits per heavy atom. The minimum atomic E-state index is -0.824. The first kappa shape index (κ1) is 18.3. The predicted octanol–water partition coefficient (Wildman–Crippen LogP) is 4.53. The van der Waals surface area contributed by atoms with Crippen LogP contribution in [0.2, 0.25) is 5.02 Å². The monoisotopic (exact) mass is 447 g/mol. The summed E-state index contributed by atoms with van der Waals surface area (Å²) in [5.41, 5.74) is 2.82. The minimum absolute atomic E-state index is 0.665. The number of nitrogens with one attached hydrogen (secondary N) is 1. The Balaban J connectivity index is 1.56. The van der Waals surface area contributed by atoms with Crippen molar-refractivity contribution in [3.05, 3.63) is 63.7 Å². The van der Waals surface area contributed by atoms with Gasteiger partial charge in [0.1, 0.15) is 6.04 Å². The molecule has 27 heavy (non-hydrogen) atoms. The molecule has 1 fully saturated rings. The van der Waals surface area contributed by atoms with Crippen LogP contribution in [-0.2, 0) is 4.79 Å². The Kier molecular flexibility index (Phi) is 5.12. The van der Waals surface area contributed by atoms with Gasteiger partial charge >= 0.3 is 5.97 Å². The van der Waals surface area contributed by atoms with Crippen LogP contribution in [0.15, 0.2) is 53.1 Å². The highest BCUT2D eigenvalue weighted by atomic mass is 79.9. The van der Waals surface area contributed by atoms with Gasteiger partial charge in [-0.1, -0.05) is 39.7 Å². The zero-order valence-corrected chi connectivity index (χ0v) is 16.9. The van der Waals surface area contributed by atoms with Gasteiger partial charge in [0, 0.05) is 64.0 Å². The highest BCUT2D eigenvalue weighted by Gasteiger charge is 2.32. The Hall–Kier alpha value is -2.02. The molecule has 0 bridgehead atoms. The molecule has 0 saturated carbocycles. The van der Waals surface area contributed by atoms with Crippen molar-refractivity contribution in [1.82, 2.24) is 9.88 Å². The molecular weight excluding hydrogens is 430 g/mol. The van der Waals surface area contributed by atoms with Gasteiger partial charge in [0.05, 0.1) is 0 Å². The van der Waals surface area contributed by atoms with Crippen LogP contribution in [0, 0.1) is 0 Å². The molecule has 2 heterocycles. The van der Waals surface area contributed by atoms with Gasteiger partial charge in [-0.2, -0.15) is 0 Å². The lowest BCUT2D eigenvalue weighted by molar-refractivity contribution is -0.143. The molecule has 4 rings (SSSR count). The average molecular weight is 449 g/mol. The van der Waals surface area contributed by atoms with Gasteiger partial charge < -0.3 is 15.0 Å². The number of carboxylic acids is 1. The molecule has 0 unspecified atom stereocenters. The number of carbonyl (C=O) groups is 1. The van der Waals surface area contributed by atoms with Crippen molar-refractivity contribution >= 4 is 50.1 Å². The molecule has 140 valence electrons. The second-order valence-corrected chi connectivity index (χ2v) is 8.03. The van der Waals surface area contributed by atoms with Gasteiger partial charge in [-0.25, -0.2) is 0 Å². The van der Waals surface area contributed by atoms with Gasteiger partial charge in [0.15, 0.2) is 0 Å². The number of aromatic amines is 1. The van der Waals surface area contributed by atoms with Crippen LogP contribution in [0.25, 0.3) is 10.9 Å². The zero-order valence-electron chi connectivity index (χ0n) is 14.5. The van der Waals surface area contributed by atoms with Crippen molar-refractivity contribution in [3.63, 3.8) is 0 Å². The summed E-state index contributed by atoms with van der Waals surface area (Å²) in [5, 5.41) is 11.6. The highest BCUT2D eigenvalue weighted by molar-refractivity contribution is 9.10. The Labute approximate surface area is 170 Å². The van der Waals surface area contributed by atoms with E-state index in [2.05, 4.69) is 25.8 Å². The van der Waals surface area contributed by atoms with Crippen LogP contribution in [0.3, 0.4) is 0 Å². The third-order valence-electron chi connectivity index (χ3n) is 5.06. The molecule has 1 aromatic heterocycles. The molecular formula is C20H19BrClN3O2. The third-order valence-corrected chi connectivity index (χ3v) is 5.79. The number of rotatable bonds is 4. The number of fused-ring (bicyclic) bond motifs is 1. The van der Waals surface area contributed by atoms with Crippen LogP contribution in [0.1, 0.15) is 11.6 Å². The SMILES string of the molecule is O=C(O)[C@H](c1c[nH]c2cc(Br)ccc12)N1CCN(c2cccc(Cl)c2)CC1. The van der Waals surface area contributed by atoms with Crippen molar-refractivity contribution in [2.45, 2.75) is 6.04 Å². The number of halogens is 2. The fourth-order valence-corrected chi connectivity index (χ4v) is 4.29. The van der Waals surface area contributed by atoms with Crippen molar-refractivity contribution in [2.75, 3.05) is 31.1 Å². The molecule has 2 aromatic carbocycles. The summed E-state index contributed by atoms with van der Waals surface area (Å²) in [7, 11) is 0. The number of benzene rings is 2. The fourth-order valence-electron chi connectivity index (χ4n) is 3.74. The minimum Gasteiger partial charge on any atom is -0.480 e. The summed E-state index contributed by atoms with van der Waals surface area (Å²) in [5.74, 6) is -0.824. The number of hydrogen-bond donors (Lipinski definition) is 2. The normalized spacial score (nSPS) is 16.6. The van der Waals surface area contributed by atoms with Crippen molar-refractivity contribution < 1.29 is 9.90 Å². The predicted molar refractivity (Wildman–Crippen MR) is 112 cm³/mol. The first-order chi connectivity index (χ1) is 13.0. The standard InChI is InChI=1S/C20H19BrClN3O2/c21-13-4-5-16-17(12-23-18(16)10-13)19(20(26)27)25-8-6-24(7-9-25)15-3-1-2-14(22)11-15/h1-5,10-12,19,23H,6-9H2,(H,26,27)/t19-/m0/s1. The quantitative estimate of drug-likeness (QED) is 0.615. The molecule has 1 aliphatic heterocycles. The molecule has 0 aliphatic carbocycles. The second-order valence-electron chi connectivity index (χ2n) is 6.68. The van der Waals surface area contributed by atoms with Crippen LogP contribution in [0.5, 0.6) is 0 Å². The topological polar surface area (TPSA) is 59.6 Å². The first-order valence-corrected chi connectivity index (χ1v) is 9.94. The number of nitrogens with zero attached hydrogens (tertiary/aromatic N) is 2. The number of piperazine rings is 1. The molecule has 0 spiro atoms. The lowest BCUT2D eigenvalue weighted by Gasteiger charge is -2.38. The van der Waals surface area contributed by atoms with E-state index in [9.17, 15) is 9.90 Å². The van der Waals surface area contributed by atoms with E-state index in [0.717, 1.165) is 39.7 Å². The molecule has 0 radical (unpaired) electrons. The second kappa shape index (κ2) is 7.54. The number of aromatic nitrogens is 1. The van der Waals surface area contributed by atoms with Gasteiger partial charge in [-0.3, -0.25) is 9.69 Å². The van der Waals surface area contributed by atoms with E-state index in [4.69, 9.17) is 11.6 Å². The van der Waals surface area contributed by atoms with Crippen LogP contribution in [-0.4, -0.2) is 47.1 Å². The van der Waals surface area contributed by atoms with Crippen LogP contribution in [0.4, 0.5) is 5.69 Å². The third kappa shape index (κ3) is 3.70. The van der Waals surface area contributed by atoms with E-state index < -0.39 is 12.0 Å². The Bertz CT molecular complexity index is 982. The summed E-state index contributed by atoms with van der Waals surface area (Å²) in [4.78, 5) is 19.6. The van der Waals surface area contributed by atoms with E-state index >= 15 is 0 Å². The van der Waals surface area contributed by atoms with Crippen LogP contribution < -0.4 is 4.90 Å². The zero-order chi connectivity index (χ0) is 19.0. The summed E-state index contributed by atoms with van der Waals surface area (Å²) in [6.07, 6.45) is 1.82. The van der Waals surface area contributed by atoms with Gasteiger partial charge in [-0.05, 0) is 30.3 Å². The maximum Gasteiger partial charge on any atom is 0.325 e. The fraction of sp³-hybridized carbons (Fsp3) is 0.250. The van der Waals surface area contributed by atoms with Crippen molar-refractivity contribution in [2.24, 2.45) is 0 Å². The average Bonchev–Trinajstić information content (AvgIpc) is 3.05. The lowest BCUT2D eigenvalue weighted by atomic mass is 10.0. The van der Waals surface area contributed by atoms with E-state index in [1.165, 1.54) is 0 Å². The molecule has 1 aliphatic rings. The van der Waals surface area contributed by atoms with Crippen LogP contribution >= 0.6 is 27.5 Å². The van der Waals surface area contributed by atoms with E-state index in [1.54, 1.807) is 0 Å². The largest absolute Gasteiger partial charge is 0.480 e. The number of hydrogen-bond acceptors (Lipinski definition) is 3. The number of aliphatic carboxylic acids is 1. The molecule has 1 saturated heterocycles. The van der Waals surface area contributed by atoms with Crippen molar-refractivity contribution in [1.29, 1.82) is 0 Å². The number of carboxylic acid groups (broad SMARTS) is 1. The van der Waals surface area contributed by atoms with E-state index in [1.807, 2.05) is 53.6 Å². The lowest BCUT2D eigenvalue weighted by Crippen LogP contribution is -2.49. The molecule has 5 nitrogen and oxygen atoms in total. The smallest absolute Gasteiger partial charge is 0.325 e. The molecule has 1 atom stereocenters. The van der Waals surface area contributed by atoms with Gasteiger partial charge in [0.2, 0.25) is 0 Å². The van der Waals surface area contributed by atoms with Gasteiger partial charge in [-0.15, -0.1) is 0 Å². The maximum atomic E-state index is 12.1.